The third-order valence-electron chi connectivity index (χ3n) is 3.12. The van der Waals surface area contributed by atoms with Crippen LogP contribution in [-0.2, 0) is 4.74 Å². The minimum Gasteiger partial charge on any atom is -0.378 e. The highest BCUT2D eigenvalue weighted by atomic mass is 32.2. The SMILES string of the molecule is CCNC(CCCC1CCCO1)CSCC. The summed E-state index contributed by atoms with van der Waals surface area (Å²) in [5, 5.41) is 3.58. The van der Waals surface area contributed by atoms with Gasteiger partial charge in [0.2, 0.25) is 0 Å². The van der Waals surface area contributed by atoms with Crippen LogP contribution in [0.1, 0.15) is 46.0 Å². The van der Waals surface area contributed by atoms with Crippen molar-refractivity contribution >= 4 is 11.8 Å². The molecule has 2 nitrogen and oxygen atoms in total. The van der Waals surface area contributed by atoms with Gasteiger partial charge in [-0.3, -0.25) is 0 Å². The lowest BCUT2D eigenvalue weighted by atomic mass is 10.1. The summed E-state index contributed by atoms with van der Waals surface area (Å²) in [7, 11) is 0. The highest BCUT2D eigenvalue weighted by Crippen LogP contribution is 2.18. The van der Waals surface area contributed by atoms with E-state index < -0.39 is 0 Å². The van der Waals surface area contributed by atoms with Gasteiger partial charge in [-0.25, -0.2) is 0 Å². The predicted molar refractivity (Wildman–Crippen MR) is 73.3 cm³/mol. The Balaban J connectivity index is 2.05. The van der Waals surface area contributed by atoms with Gasteiger partial charge in [-0.15, -0.1) is 0 Å². The van der Waals surface area contributed by atoms with Gasteiger partial charge in [0.25, 0.3) is 0 Å². The Bertz CT molecular complexity index is 160. The summed E-state index contributed by atoms with van der Waals surface area (Å²) >= 11 is 2.05. The molecule has 0 aliphatic carbocycles. The van der Waals surface area contributed by atoms with Crippen molar-refractivity contribution in [2.45, 2.75) is 58.1 Å². The van der Waals surface area contributed by atoms with Gasteiger partial charge in [0, 0.05) is 18.4 Å². The van der Waals surface area contributed by atoms with Gasteiger partial charge in [-0.05, 0) is 44.4 Å². The smallest absolute Gasteiger partial charge is 0.0576 e. The quantitative estimate of drug-likeness (QED) is 0.674. The predicted octanol–water partition coefficient (Wildman–Crippen LogP) is 3.07. The zero-order chi connectivity index (χ0) is 11.6. The van der Waals surface area contributed by atoms with E-state index >= 15 is 0 Å². The van der Waals surface area contributed by atoms with Crippen LogP contribution in [0.2, 0.25) is 0 Å². The highest BCUT2D eigenvalue weighted by molar-refractivity contribution is 7.99. The first-order chi connectivity index (χ1) is 7.86. The summed E-state index contributed by atoms with van der Waals surface area (Å²) in [6, 6.07) is 0.705. The van der Waals surface area contributed by atoms with Crippen LogP contribution in [0.25, 0.3) is 0 Å². The van der Waals surface area contributed by atoms with Crippen LogP contribution in [0.3, 0.4) is 0 Å². The Labute approximate surface area is 105 Å². The second-order valence-electron chi connectivity index (χ2n) is 4.48. The van der Waals surface area contributed by atoms with Crippen LogP contribution in [0.5, 0.6) is 0 Å². The van der Waals surface area contributed by atoms with Crippen molar-refractivity contribution in [1.82, 2.24) is 5.32 Å². The fourth-order valence-electron chi connectivity index (χ4n) is 2.26. The maximum absolute atomic E-state index is 5.65. The number of nitrogens with one attached hydrogen (secondary N) is 1. The Morgan fingerprint density at radius 2 is 2.31 bits per heavy atom. The summed E-state index contributed by atoms with van der Waals surface area (Å²) in [6.45, 7) is 6.52. The first kappa shape index (κ1) is 14.3. The molecule has 1 heterocycles. The Kier molecular flexibility index (Phi) is 8.34. The molecule has 1 aliphatic heterocycles. The van der Waals surface area contributed by atoms with E-state index in [1.165, 1.54) is 43.6 Å². The zero-order valence-electron chi connectivity index (χ0n) is 10.8. The molecular weight excluding hydrogens is 218 g/mol. The van der Waals surface area contributed by atoms with Crippen LogP contribution >= 0.6 is 11.8 Å². The molecule has 0 aromatic carbocycles. The van der Waals surface area contributed by atoms with E-state index in [0.717, 1.165) is 13.2 Å². The Morgan fingerprint density at radius 1 is 1.44 bits per heavy atom. The maximum Gasteiger partial charge on any atom is 0.0576 e. The number of thioether (sulfide) groups is 1. The molecule has 0 saturated carbocycles. The molecule has 2 unspecified atom stereocenters. The van der Waals surface area contributed by atoms with E-state index in [0.29, 0.717) is 12.1 Å². The van der Waals surface area contributed by atoms with Crippen molar-refractivity contribution in [1.29, 1.82) is 0 Å². The molecule has 96 valence electrons. The third kappa shape index (κ3) is 6.12. The molecule has 1 N–H and O–H groups in total. The first-order valence-corrected chi connectivity index (χ1v) is 7.95. The lowest BCUT2D eigenvalue weighted by Crippen LogP contribution is -2.31. The van der Waals surface area contributed by atoms with E-state index in [1.54, 1.807) is 0 Å². The molecule has 0 amide bonds. The summed E-state index contributed by atoms with van der Waals surface area (Å²) in [4.78, 5) is 0. The normalized spacial score (nSPS) is 22.5. The molecule has 1 aliphatic rings. The average molecular weight is 245 g/mol. The molecule has 0 bridgehead atoms. The Morgan fingerprint density at radius 3 is 2.94 bits per heavy atom. The molecule has 0 aromatic heterocycles. The van der Waals surface area contributed by atoms with Crippen LogP contribution in [0.15, 0.2) is 0 Å². The summed E-state index contributed by atoms with van der Waals surface area (Å²) in [6.07, 6.45) is 7.01. The maximum atomic E-state index is 5.65. The molecule has 0 radical (unpaired) electrons. The van der Waals surface area contributed by atoms with Crippen LogP contribution in [0.4, 0.5) is 0 Å². The van der Waals surface area contributed by atoms with Gasteiger partial charge in [0.1, 0.15) is 0 Å². The van der Waals surface area contributed by atoms with Crippen LogP contribution in [-0.4, -0.2) is 36.8 Å². The first-order valence-electron chi connectivity index (χ1n) is 6.79. The minimum atomic E-state index is 0.570. The van der Waals surface area contributed by atoms with Crippen LogP contribution in [0, 0.1) is 0 Å². The number of hydrogen-bond acceptors (Lipinski definition) is 3. The van der Waals surface area contributed by atoms with E-state index in [4.69, 9.17) is 4.74 Å². The zero-order valence-corrected chi connectivity index (χ0v) is 11.7. The molecule has 0 aromatic rings. The van der Waals surface area contributed by atoms with Gasteiger partial charge in [0.15, 0.2) is 0 Å². The molecule has 1 saturated heterocycles. The molecule has 16 heavy (non-hydrogen) atoms. The van der Waals surface area contributed by atoms with Crippen molar-refractivity contribution in [2.24, 2.45) is 0 Å². The lowest BCUT2D eigenvalue weighted by Gasteiger charge is -2.18. The molecule has 0 spiro atoms. The number of ether oxygens (including phenoxy) is 1. The van der Waals surface area contributed by atoms with Crippen molar-refractivity contribution < 1.29 is 4.74 Å². The molecule has 3 heteroatoms. The van der Waals surface area contributed by atoms with Crippen LogP contribution < -0.4 is 5.32 Å². The molecule has 2 atom stereocenters. The van der Waals surface area contributed by atoms with Gasteiger partial charge in [-0.1, -0.05) is 13.8 Å². The van der Waals surface area contributed by atoms with Gasteiger partial charge in [-0.2, -0.15) is 11.8 Å². The molecule has 1 fully saturated rings. The summed E-state index contributed by atoms with van der Waals surface area (Å²) in [5.74, 6) is 2.49. The van der Waals surface area contributed by atoms with Crippen molar-refractivity contribution in [3.63, 3.8) is 0 Å². The number of hydrogen-bond donors (Lipinski definition) is 1. The van der Waals surface area contributed by atoms with Crippen molar-refractivity contribution in [3.05, 3.63) is 0 Å². The van der Waals surface area contributed by atoms with Gasteiger partial charge in [0.05, 0.1) is 6.10 Å². The largest absolute Gasteiger partial charge is 0.378 e. The summed E-state index contributed by atoms with van der Waals surface area (Å²) in [5.41, 5.74) is 0. The molecule has 1 rings (SSSR count). The fraction of sp³-hybridized carbons (Fsp3) is 1.00. The monoisotopic (exact) mass is 245 g/mol. The average Bonchev–Trinajstić information content (AvgIpc) is 2.79. The van der Waals surface area contributed by atoms with Crippen molar-refractivity contribution in [3.8, 4) is 0 Å². The second kappa shape index (κ2) is 9.32. The topological polar surface area (TPSA) is 21.3 Å². The standard InChI is InChI=1S/C13H27NOS/c1-3-14-12(11-16-4-2)7-5-8-13-9-6-10-15-13/h12-14H,3-11H2,1-2H3. The third-order valence-corrected chi connectivity index (χ3v) is 4.16. The van der Waals surface area contributed by atoms with E-state index in [-0.39, 0.29) is 0 Å². The highest BCUT2D eigenvalue weighted by Gasteiger charge is 2.15. The second-order valence-corrected chi connectivity index (χ2v) is 5.80. The van der Waals surface area contributed by atoms with Gasteiger partial charge >= 0.3 is 0 Å². The fourth-order valence-corrected chi connectivity index (χ4v) is 3.06. The summed E-state index contributed by atoms with van der Waals surface area (Å²) < 4.78 is 5.65. The van der Waals surface area contributed by atoms with E-state index in [1.807, 2.05) is 11.8 Å². The molecular formula is C13H27NOS. The van der Waals surface area contributed by atoms with Gasteiger partial charge < -0.3 is 10.1 Å². The van der Waals surface area contributed by atoms with Crippen molar-refractivity contribution in [2.75, 3.05) is 24.7 Å². The Hall–Kier alpha value is 0.270. The van der Waals surface area contributed by atoms with E-state index in [9.17, 15) is 0 Å². The lowest BCUT2D eigenvalue weighted by molar-refractivity contribution is 0.101. The minimum absolute atomic E-state index is 0.570. The van der Waals surface area contributed by atoms with E-state index in [2.05, 4.69) is 19.2 Å². The number of rotatable bonds is 9.